The zero-order valence-electron chi connectivity index (χ0n) is 3.44. The fraction of sp³-hybridized carbons (Fsp3) is 0.400. The Labute approximate surface area is 36.9 Å². The molecule has 0 N–H and O–H groups in total. The van der Waals surface area contributed by atoms with Gasteiger partial charge in [-0.05, 0) is 6.42 Å². The van der Waals surface area contributed by atoms with Crippen LogP contribution in [0.3, 0.4) is 0 Å². The molecule has 1 aliphatic carbocycles. The van der Waals surface area contributed by atoms with Crippen molar-refractivity contribution in [1.29, 1.82) is 5.26 Å². The Morgan fingerprint density at radius 1 is 2.00 bits per heavy atom. The average molecular weight is 79.1 g/mol. The molecule has 0 saturated carbocycles. The lowest BCUT2D eigenvalue weighted by molar-refractivity contribution is 1.27. The fourth-order valence-electron chi connectivity index (χ4n) is 0.318. The molecule has 1 nitrogen and oxygen atoms in total. The van der Waals surface area contributed by atoms with E-state index >= 15 is 0 Å². The zero-order chi connectivity index (χ0) is 4.41. The summed E-state index contributed by atoms with van der Waals surface area (Å²) in [5, 5.41) is 7.99. The first-order chi connectivity index (χ1) is 2.93. The molecule has 0 aliphatic heterocycles. The molecule has 0 radical (unpaired) electrons. The molecule has 1 aliphatic rings. The summed E-state index contributed by atoms with van der Waals surface area (Å²) in [6, 6.07) is 2.06. The van der Waals surface area contributed by atoms with E-state index in [4.69, 9.17) is 5.26 Å². The molecule has 0 aromatic carbocycles. The molecule has 0 heterocycles. The SMILES string of the molecule is N#CCC1=CC1. The van der Waals surface area contributed by atoms with Crippen LogP contribution in [-0.4, -0.2) is 0 Å². The first-order valence-corrected chi connectivity index (χ1v) is 1.98. The van der Waals surface area contributed by atoms with Crippen LogP contribution >= 0.6 is 0 Å². The summed E-state index contributed by atoms with van der Waals surface area (Å²) in [4.78, 5) is 0. The minimum atomic E-state index is 0.653. The van der Waals surface area contributed by atoms with E-state index in [1.807, 2.05) is 0 Å². The van der Waals surface area contributed by atoms with Gasteiger partial charge in [0.2, 0.25) is 0 Å². The molecule has 0 bridgehead atoms. The van der Waals surface area contributed by atoms with E-state index in [0.29, 0.717) is 6.42 Å². The van der Waals surface area contributed by atoms with Crippen molar-refractivity contribution in [2.45, 2.75) is 12.8 Å². The minimum absolute atomic E-state index is 0.653. The van der Waals surface area contributed by atoms with Gasteiger partial charge in [0.15, 0.2) is 0 Å². The lowest BCUT2D eigenvalue weighted by atomic mass is 10.4. The van der Waals surface area contributed by atoms with Gasteiger partial charge in [-0.15, -0.1) is 0 Å². The topological polar surface area (TPSA) is 23.8 Å². The van der Waals surface area contributed by atoms with Crippen LogP contribution in [0.4, 0.5) is 0 Å². The molecule has 0 atom stereocenters. The number of allylic oxidation sites excluding steroid dienone is 2. The highest BCUT2D eigenvalue weighted by molar-refractivity contribution is 5.24. The molecule has 0 unspecified atom stereocenters. The Morgan fingerprint density at radius 2 is 2.67 bits per heavy atom. The van der Waals surface area contributed by atoms with Gasteiger partial charge in [-0.2, -0.15) is 5.26 Å². The lowest BCUT2D eigenvalue weighted by Crippen LogP contribution is -1.53. The van der Waals surface area contributed by atoms with Crippen molar-refractivity contribution in [1.82, 2.24) is 0 Å². The Balaban J connectivity index is 2.22. The highest BCUT2D eigenvalue weighted by Crippen LogP contribution is 2.20. The highest BCUT2D eigenvalue weighted by atomic mass is 14.2. The standard InChI is InChI=1S/C5H5N/c6-4-3-5-1-2-5/h1H,2-3H2. The molecule has 6 heavy (non-hydrogen) atoms. The smallest absolute Gasteiger partial charge is 0.0666 e. The van der Waals surface area contributed by atoms with Gasteiger partial charge in [0.25, 0.3) is 0 Å². The van der Waals surface area contributed by atoms with Gasteiger partial charge in [-0.1, -0.05) is 11.6 Å². The van der Waals surface area contributed by atoms with Gasteiger partial charge in [0.05, 0.1) is 12.5 Å². The quantitative estimate of drug-likeness (QED) is 0.433. The average Bonchev–Trinajstić information content (AvgIpc) is 2.21. The van der Waals surface area contributed by atoms with Crippen LogP contribution in [0.2, 0.25) is 0 Å². The van der Waals surface area contributed by atoms with E-state index in [9.17, 15) is 0 Å². The van der Waals surface area contributed by atoms with Crippen LogP contribution in [0, 0.1) is 11.3 Å². The van der Waals surface area contributed by atoms with Crippen molar-refractivity contribution in [3.63, 3.8) is 0 Å². The van der Waals surface area contributed by atoms with Crippen molar-refractivity contribution in [3.8, 4) is 6.07 Å². The normalized spacial score (nSPS) is 15.5. The summed E-state index contributed by atoms with van der Waals surface area (Å²) >= 11 is 0. The fourth-order valence-corrected chi connectivity index (χ4v) is 0.318. The summed E-state index contributed by atoms with van der Waals surface area (Å²) in [7, 11) is 0. The zero-order valence-corrected chi connectivity index (χ0v) is 3.44. The number of rotatable bonds is 1. The van der Waals surface area contributed by atoms with E-state index < -0.39 is 0 Å². The van der Waals surface area contributed by atoms with Crippen LogP contribution in [0.1, 0.15) is 12.8 Å². The third-order valence-electron chi connectivity index (χ3n) is 0.799. The van der Waals surface area contributed by atoms with Crippen LogP contribution in [-0.2, 0) is 0 Å². The van der Waals surface area contributed by atoms with Gasteiger partial charge < -0.3 is 0 Å². The Kier molecular flexibility index (Phi) is 0.648. The van der Waals surface area contributed by atoms with E-state index in [1.165, 1.54) is 5.57 Å². The van der Waals surface area contributed by atoms with Gasteiger partial charge in [0, 0.05) is 0 Å². The first kappa shape index (κ1) is 3.42. The molecule has 0 aromatic heterocycles. The number of hydrogen-bond donors (Lipinski definition) is 0. The van der Waals surface area contributed by atoms with Crippen molar-refractivity contribution >= 4 is 0 Å². The summed E-state index contributed by atoms with van der Waals surface area (Å²) in [5.74, 6) is 0. The van der Waals surface area contributed by atoms with E-state index in [1.54, 1.807) is 0 Å². The monoisotopic (exact) mass is 79.0 g/mol. The highest BCUT2D eigenvalue weighted by Gasteiger charge is 2.03. The van der Waals surface area contributed by atoms with E-state index in [-0.39, 0.29) is 0 Å². The van der Waals surface area contributed by atoms with E-state index in [2.05, 4.69) is 12.1 Å². The van der Waals surface area contributed by atoms with Gasteiger partial charge >= 0.3 is 0 Å². The second kappa shape index (κ2) is 1.14. The predicted molar refractivity (Wildman–Crippen MR) is 22.9 cm³/mol. The third kappa shape index (κ3) is 0.587. The number of hydrogen-bond acceptors (Lipinski definition) is 1. The molecular weight excluding hydrogens is 74.1 g/mol. The molecule has 30 valence electrons. The molecule has 0 spiro atoms. The molecular formula is C5H5N. The van der Waals surface area contributed by atoms with Gasteiger partial charge in [0.1, 0.15) is 0 Å². The predicted octanol–water partition coefficient (Wildman–Crippen LogP) is 1.23. The van der Waals surface area contributed by atoms with Crippen molar-refractivity contribution in [2.24, 2.45) is 0 Å². The molecule has 1 heteroatoms. The van der Waals surface area contributed by atoms with Crippen molar-refractivity contribution in [3.05, 3.63) is 11.6 Å². The molecule has 0 saturated heterocycles. The molecule has 1 rings (SSSR count). The maximum absolute atomic E-state index is 7.99. The number of nitrogens with zero attached hydrogens (tertiary/aromatic N) is 1. The summed E-state index contributed by atoms with van der Waals surface area (Å²) in [5.41, 5.74) is 1.30. The molecule has 0 amide bonds. The van der Waals surface area contributed by atoms with E-state index in [0.717, 1.165) is 6.42 Å². The minimum Gasteiger partial charge on any atom is -0.198 e. The second-order valence-corrected chi connectivity index (χ2v) is 1.40. The Bertz CT molecular complexity index is 116. The maximum Gasteiger partial charge on any atom is 0.0666 e. The summed E-state index contributed by atoms with van der Waals surface area (Å²) in [6.07, 6.45) is 3.82. The molecule has 0 fully saturated rings. The number of nitriles is 1. The summed E-state index contributed by atoms with van der Waals surface area (Å²) < 4.78 is 0. The van der Waals surface area contributed by atoms with Gasteiger partial charge in [-0.25, -0.2) is 0 Å². The maximum atomic E-state index is 7.99. The van der Waals surface area contributed by atoms with Gasteiger partial charge in [-0.3, -0.25) is 0 Å². The first-order valence-electron chi connectivity index (χ1n) is 1.98. The van der Waals surface area contributed by atoms with Crippen LogP contribution in [0.25, 0.3) is 0 Å². The Morgan fingerprint density at radius 3 is 2.83 bits per heavy atom. The summed E-state index contributed by atoms with van der Waals surface area (Å²) in [6.45, 7) is 0. The van der Waals surface area contributed by atoms with Crippen LogP contribution in [0.5, 0.6) is 0 Å². The Hall–Kier alpha value is -0.770. The van der Waals surface area contributed by atoms with Crippen LogP contribution < -0.4 is 0 Å². The largest absolute Gasteiger partial charge is 0.198 e. The van der Waals surface area contributed by atoms with Crippen LogP contribution in [0.15, 0.2) is 11.6 Å². The molecule has 0 aromatic rings. The second-order valence-electron chi connectivity index (χ2n) is 1.40. The van der Waals surface area contributed by atoms with Crippen molar-refractivity contribution < 1.29 is 0 Å². The lowest BCUT2D eigenvalue weighted by Gasteiger charge is -1.65. The third-order valence-corrected chi connectivity index (χ3v) is 0.799. The van der Waals surface area contributed by atoms with Crippen molar-refractivity contribution in [2.75, 3.05) is 0 Å².